The fourth-order valence-corrected chi connectivity index (χ4v) is 5.01. The van der Waals surface area contributed by atoms with Crippen LogP contribution in [0.1, 0.15) is 63.2 Å². The van der Waals surface area contributed by atoms with Gasteiger partial charge in [0.1, 0.15) is 16.5 Å². The van der Waals surface area contributed by atoms with E-state index in [0.717, 1.165) is 0 Å². The summed E-state index contributed by atoms with van der Waals surface area (Å²) in [5, 5.41) is 2.91. The Morgan fingerprint density at radius 3 is 2.40 bits per heavy atom. The summed E-state index contributed by atoms with van der Waals surface area (Å²) in [5.74, 6) is -2.00. The highest BCUT2D eigenvalue weighted by Gasteiger charge is 2.38. The molecule has 1 atom stereocenters. The van der Waals surface area contributed by atoms with Crippen molar-refractivity contribution in [1.82, 2.24) is 10.3 Å². The highest BCUT2D eigenvalue weighted by atomic mass is 35.5. The number of ketones is 1. The third-order valence-corrected chi connectivity index (χ3v) is 12.6. The summed E-state index contributed by atoms with van der Waals surface area (Å²) in [6, 6.07) is 5.80. The molecule has 1 heterocycles. The van der Waals surface area contributed by atoms with Crippen LogP contribution < -0.4 is 5.32 Å². The zero-order valence-electron chi connectivity index (χ0n) is 24.3. The number of Topliss-reactive ketones (excluding diaryl/α,β-unsaturated/α-hetero) is 1. The molecule has 220 valence electrons. The molecule has 1 aromatic heterocycles. The van der Waals surface area contributed by atoms with Gasteiger partial charge >= 0.3 is 5.97 Å². The lowest BCUT2D eigenvalue weighted by Crippen LogP contribution is -2.46. The van der Waals surface area contributed by atoms with Gasteiger partial charge in [-0.3, -0.25) is 4.79 Å². The maximum absolute atomic E-state index is 14.5. The summed E-state index contributed by atoms with van der Waals surface area (Å²) >= 11 is 18.5. The molecule has 0 radical (unpaired) electrons. The lowest BCUT2D eigenvalue weighted by atomic mass is 10.0. The number of hydrogen-bond donors (Lipinski definition) is 1. The molecule has 0 bridgehead atoms. The van der Waals surface area contributed by atoms with Gasteiger partial charge in [0.15, 0.2) is 8.32 Å². The molecule has 0 aliphatic carbocycles. The van der Waals surface area contributed by atoms with Crippen LogP contribution >= 0.6 is 34.8 Å². The number of pyridine rings is 1. The predicted octanol–water partition coefficient (Wildman–Crippen LogP) is 8.04. The molecule has 11 heteroatoms. The van der Waals surface area contributed by atoms with E-state index in [1.807, 2.05) is 13.8 Å². The second-order valence-electron chi connectivity index (χ2n) is 11.4. The number of esters is 1. The molecular weight excluding hydrogens is 594 g/mol. The highest BCUT2D eigenvalue weighted by Crippen LogP contribution is 2.36. The number of nitrogens with one attached hydrogen (secondary N) is 1. The minimum Gasteiger partial charge on any atom is -0.462 e. The normalized spacial score (nSPS) is 13.4. The lowest BCUT2D eigenvalue weighted by molar-refractivity contribution is -0.138. The van der Waals surface area contributed by atoms with Gasteiger partial charge in [-0.25, -0.2) is 14.2 Å². The van der Waals surface area contributed by atoms with E-state index in [2.05, 4.69) is 44.2 Å². The molecule has 0 unspecified atom stereocenters. The zero-order valence-corrected chi connectivity index (χ0v) is 27.5. The van der Waals surface area contributed by atoms with Crippen molar-refractivity contribution in [3.63, 3.8) is 0 Å². The van der Waals surface area contributed by atoms with E-state index in [4.69, 9.17) is 44.0 Å². The van der Waals surface area contributed by atoms with Crippen molar-refractivity contribution >= 4 is 54.9 Å². The minimum atomic E-state index is -2.03. The standard InChI is InChI=1S/C29H38Cl3FN2O4Si/c1-9-38-28(37)21(15-34-23(17(2)3)16-39-40(7,8)29(4,5)6)26(36)20-14-19(35-27(32)24(20)31)13-18-11-10-12-22(30)25(18)33/h10-12,14-15,17,23,34H,9,13,16H2,1-8H3/b21-15-/t23-/m1/s1. The largest absolute Gasteiger partial charge is 0.462 e. The maximum Gasteiger partial charge on any atom is 0.343 e. The van der Waals surface area contributed by atoms with Gasteiger partial charge in [-0.2, -0.15) is 0 Å². The van der Waals surface area contributed by atoms with Crippen molar-refractivity contribution in [1.29, 1.82) is 0 Å². The number of nitrogens with zero attached hydrogens (tertiary/aromatic N) is 1. The van der Waals surface area contributed by atoms with E-state index in [9.17, 15) is 14.0 Å². The third kappa shape index (κ3) is 8.76. The Bertz CT molecular complexity index is 1260. The van der Waals surface area contributed by atoms with Gasteiger partial charge in [-0.05, 0) is 48.7 Å². The molecule has 2 rings (SSSR count). The average Bonchev–Trinajstić information content (AvgIpc) is 2.85. The molecule has 0 amide bonds. The molecule has 6 nitrogen and oxygen atoms in total. The molecule has 0 fully saturated rings. The topological polar surface area (TPSA) is 77.5 Å². The van der Waals surface area contributed by atoms with Crippen LogP contribution in [0.5, 0.6) is 0 Å². The van der Waals surface area contributed by atoms with Crippen molar-refractivity contribution in [3.8, 4) is 0 Å². The zero-order chi connectivity index (χ0) is 30.4. The SMILES string of the molecule is CCOC(=O)/C(=C\N[C@H](CO[Si](C)(C)C(C)(C)C)C(C)C)C(=O)c1cc(Cc2cccc(Cl)c2F)nc(Cl)c1Cl. The van der Waals surface area contributed by atoms with Crippen molar-refractivity contribution in [2.75, 3.05) is 13.2 Å². The molecule has 0 saturated carbocycles. The van der Waals surface area contributed by atoms with Gasteiger partial charge in [0.2, 0.25) is 5.78 Å². The van der Waals surface area contributed by atoms with Gasteiger partial charge in [0, 0.05) is 29.9 Å². The van der Waals surface area contributed by atoms with Crippen LogP contribution in [-0.2, 0) is 20.4 Å². The number of ether oxygens (including phenoxy) is 1. The summed E-state index contributed by atoms with van der Waals surface area (Å²) in [6.07, 6.45) is 1.35. The molecule has 40 heavy (non-hydrogen) atoms. The van der Waals surface area contributed by atoms with E-state index in [0.29, 0.717) is 6.61 Å². The van der Waals surface area contributed by atoms with Crippen LogP contribution in [0.4, 0.5) is 4.39 Å². The first kappa shape index (κ1) is 34.2. The molecule has 0 saturated heterocycles. The number of benzene rings is 1. The number of carbonyl (C=O) groups excluding carboxylic acids is 2. The van der Waals surface area contributed by atoms with Gasteiger partial charge in [0.25, 0.3) is 0 Å². The van der Waals surface area contributed by atoms with E-state index in [1.165, 1.54) is 18.3 Å². The van der Waals surface area contributed by atoms with Crippen molar-refractivity contribution in [2.24, 2.45) is 5.92 Å². The van der Waals surface area contributed by atoms with E-state index in [1.54, 1.807) is 19.1 Å². The first-order chi connectivity index (χ1) is 18.5. The minimum absolute atomic E-state index is 0.000476. The number of aromatic nitrogens is 1. The van der Waals surface area contributed by atoms with Crippen LogP contribution in [-0.4, -0.2) is 44.3 Å². The Hall–Kier alpha value is -1.97. The second kappa shape index (κ2) is 14.3. The molecule has 1 N–H and O–H groups in total. The summed E-state index contributed by atoms with van der Waals surface area (Å²) in [7, 11) is -2.03. The first-order valence-corrected chi connectivity index (χ1v) is 17.1. The monoisotopic (exact) mass is 630 g/mol. The van der Waals surface area contributed by atoms with Gasteiger partial charge < -0.3 is 14.5 Å². The fourth-order valence-electron chi connectivity index (χ4n) is 3.39. The van der Waals surface area contributed by atoms with Crippen LogP contribution in [0.25, 0.3) is 0 Å². The molecular formula is C29H38Cl3FN2O4Si. The maximum atomic E-state index is 14.5. The number of halogens is 4. The Labute approximate surface area is 252 Å². The van der Waals surface area contributed by atoms with Gasteiger partial charge in [-0.15, -0.1) is 0 Å². The Balaban J connectivity index is 2.44. The fraction of sp³-hybridized carbons (Fsp3) is 0.483. The predicted molar refractivity (Wildman–Crippen MR) is 162 cm³/mol. The van der Waals surface area contributed by atoms with Crippen molar-refractivity contribution in [3.05, 3.63) is 73.9 Å². The van der Waals surface area contributed by atoms with Gasteiger partial charge in [-0.1, -0.05) is 81.6 Å². The van der Waals surface area contributed by atoms with Crippen molar-refractivity contribution in [2.45, 2.75) is 72.1 Å². The van der Waals surface area contributed by atoms with E-state index in [-0.39, 0.29) is 67.6 Å². The van der Waals surface area contributed by atoms with Crippen LogP contribution in [0, 0.1) is 11.7 Å². The van der Waals surface area contributed by atoms with Gasteiger partial charge in [0.05, 0.1) is 23.3 Å². The first-order valence-electron chi connectivity index (χ1n) is 13.1. The Kier molecular flexibility index (Phi) is 12.2. The lowest BCUT2D eigenvalue weighted by Gasteiger charge is -2.38. The number of hydrogen-bond acceptors (Lipinski definition) is 6. The molecule has 0 spiro atoms. The Morgan fingerprint density at radius 1 is 1.18 bits per heavy atom. The van der Waals surface area contributed by atoms with Crippen LogP contribution in [0.15, 0.2) is 36.0 Å². The summed E-state index contributed by atoms with van der Waals surface area (Å²) < 4.78 is 26.1. The average molecular weight is 632 g/mol. The number of rotatable bonds is 12. The third-order valence-electron chi connectivity index (χ3n) is 7.03. The smallest absolute Gasteiger partial charge is 0.343 e. The summed E-state index contributed by atoms with van der Waals surface area (Å²) in [4.78, 5) is 30.8. The summed E-state index contributed by atoms with van der Waals surface area (Å²) in [6.45, 7) is 17.0. The molecule has 0 aliphatic heterocycles. The van der Waals surface area contributed by atoms with Crippen LogP contribution in [0.3, 0.4) is 0 Å². The molecule has 2 aromatic rings. The summed E-state index contributed by atoms with van der Waals surface area (Å²) in [5.41, 5.74) is 0.224. The van der Waals surface area contributed by atoms with E-state index >= 15 is 0 Å². The van der Waals surface area contributed by atoms with Crippen molar-refractivity contribution < 1.29 is 23.1 Å². The molecule has 0 aliphatic rings. The second-order valence-corrected chi connectivity index (χ2v) is 17.3. The quantitative estimate of drug-likeness (QED) is 0.0486. The molecule has 1 aromatic carbocycles. The van der Waals surface area contributed by atoms with E-state index < -0.39 is 25.9 Å². The number of carbonyl (C=O) groups is 2. The highest BCUT2D eigenvalue weighted by molar-refractivity contribution is 6.74. The van der Waals surface area contributed by atoms with Crippen LogP contribution in [0.2, 0.25) is 33.3 Å². The Morgan fingerprint density at radius 2 is 1.82 bits per heavy atom.